The summed E-state index contributed by atoms with van der Waals surface area (Å²) < 4.78 is 6.96. The van der Waals surface area contributed by atoms with Gasteiger partial charge >= 0.3 is 5.76 Å². The largest absolute Gasteiger partial charge is 0.421 e. The van der Waals surface area contributed by atoms with Crippen molar-refractivity contribution in [2.45, 2.75) is 25.9 Å². The molecular weight excluding hydrogens is 354 g/mol. The van der Waals surface area contributed by atoms with E-state index in [0.29, 0.717) is 25.3 Å². The molecule has 6 nitrogen and oxygen atoms in total. The van der Waals surface area contributed by atoms with Gasteiger partial charge in [0.25, 0.3) is 0 Å². The van der Waals surface area contributed by atoms with Gasteiger partial charge in [-0.1, -0.05) is 42.5 Å². The summed E-state index contributed by atoms with van der Waals surface area (Å²) in [5, 5.41) is 0. The van der Waals surface area contributed by atoms with Crippen molar-refractivity contribution in [2.24, 2.45) is 0 Å². The van der Waals surface area contributed by atoms with Gasteiger partial charge in [0.1, 0.15) is 0 Å². The Morgan fingerprint density at radius 3 is 2.32 bits per heavy atom. The molecule has 0 bridgehead atoms. The molecule has 0 N–H and O–H groups in total. The van der Waals surface area contributed by atoms with Gasteiger partial charge in [-0.15, -0.1) is 0 Å². The molecule has 2 aromatic carbocycles. The van der Waals surface area contributed by atoms with Gasteiger partial charge in [-0.05, 0) is 31.5 Å². The van der Waals surface area contributed by atoms with Crippen LogP contribution in [0.5, 0.6) is 0 Å². The number of carbonyl (C=O) groups excluding carboxylic acids is 1. The Labute approximate surface area is 164 Å². The van der Waals surface area contributed by atoms with Gasteiger partial charge in [0, 0.05) is 26.2 Å². The first-order valence-corrected chi connectivity index (χ1v) is 9.62. The van der Waals surface area contributed by atoms with Crippen LogP contribution >= 0.6 is 0 Å². The predicted octanol–water partition coefficient (Wildman–Crippen LogP) is 2.67. The standard InChI is InChI=1S/C22H25N3O3/c1-22(2,17-8-4-3-5-9-17)20(26)24-14-12-23(13-15-24)16-25-18-10-6-7-11-19(18)28-21(25)27/h3-11H,12-16H2,1-2H3. The highest BCUT2D eigenvalue weighted by atomic mass is 16.4. The monoisotopic (exact) mass is 379 g/mol. The Morgan fingerprint density at radius 1 is 0.964 bits per heavy atom. The highest BCUT2D eigenvalue weighted by Crippen LogP contribution is 2.26. The van der Waals surface area contributed by atoms with E-state index in [1.165, 1.54) is 0 Å². The minimum atomic E-state index is -0.554. The molecule has 1 aliphatic rings. The number of carbonyl (C=O) groups is 1. The molecule has 0 atom stereocenters. The molecule has 1 fully saturated rings. The second kappa shape index (κ2) is 7.28. The molecule has 1 saturated heterocycles. The maximum atomic E-state index is 13.1. The first-order valence-electron chi connectivity index (χ1n) is 9.62. The number of amides is 1. The highest BCUT2D eigenvalue weighted by Gasteiger charge is 2.35. The molecule has 1 amide bonds. The fourth-order valence-electron chi connectivity index (χ4n) is 3.81. The van der Waals surface area contributed by atoms with E-state index in [-0.39, 0.29) is 11.7 Å². The first kappa shape index (κ1) is 18.5. The van der Waals surface area contributed by atoms with Crippen LogP contribution in [0.2, 0.25) is 0 Å². The minimum absolute atomic E-state index is 0.143. The topological polar surface area (TPSA) is 58.7 Å². The third-order valence-corrected chi connectivity index (χ3v) is 5.60. The van der Waals surface area contributed by atoms with Gasteiger partial charge < -0.3 is 9.32 Å². The van der Waals surface area contributed by atoms with Crippen LogP contribution in [-0.4, -0.2) is 46.5 Å². The zero-order valence-corrected chi connectivity index (χ0v) is 16.3. The van der Waals surface area contributed by atoms with Gasteiger partial charge in [0.2, 0.25) is 5.91 Å². The fraction of sp³-hybridized carbons (Fsp3) is 0.364. The number of aromatic nitrogens is 1. The molecule has 0 spiro atoms. The molecular formula is C22H25N3O3. The molecule has 3 aromatic rings. The van der Waals surface area contributed by atoms with Crippen molar-refractivity contribution in [1.82, 2.24) is 14.4 Å². The number of hydrogen-bond acceptors (Lipinski definition) is 4. The molecule has 4 rings (SSSR count). The van der Waals surface area contributed by atoms with Crippen LogP contribution in [0.1, 0.15) is 19.4 Å². The van der Waals surface area contributed by atoms with E-state index in [1.807, 2.05) is 67.3 Å². The van der Waals surface area contributed by atoms with E-state index in [2.05, 4.69) is 4.90 Å². The van der Waals surface area contributed by atoms with Crippen molar-refractivity contribution in [3.63, 3.8) is 0 Å². The summed E-state index contributed by atoms with van der Waals surface area (Å²) >= 11 is 0. The van der Waals surface area contributed by atoms with Crippen molar-refractivity contribution in [3.05, 3.63) is 70.7 Å². The fourth-order valence-corrected chi connectivity index (χ4v) is 3.81. The lowest BCUT2D eigenvalue weighted by atomic mass is 9.83. The summed E-state index contributed by atoms with van der Waals surface area (Å²) in [6.45, 7) is 7.19. The van der Waals surface area contributed by atoms with E-state index >= 15 is 0 Å². The third-order valence-electron chi connectivity index (χ3n) is 5.60. The Balaban J connectivity index is 1.43. The second-order valence-electron chi connectivity index (χ2n) is 7.81. The average Bonchev–Trinajstić information content (AvgIpc) is 3.04. The SMILES string of the molecule is CC(C)(C(=O)N1CCN(Cn2c(=O)oc3ccccc32)CC1)c1ccccc1. The number of benzene rings is 2. The summed E-state index contributed by atoms with van der Waals surface area (Å²) in [4.78, 5) is 29.4. The predicted molar refractivity (Wildman–Crippen MR) is 108 cm³/mol. The van der Waals surface area contributed by atoms with Crippen LogP contribution in [0.4, 0.5) is 0 Å². The van der Waals surface area contributed by atoms with Crippen LogP contribution < -0.4 is 5.76 Å². The van der Waals surface area contributed by atoms with Crippen LogP contribution in [-0.2, 0) is 16.9 Å². The Hall–Kier alpha value is -2.86. The lowest BCUT2D eigenvalue weighted by Gasteiger charge is -2.38. The van der Waals surface area contributed by atoms with Crippen molar-refractivity contribution >= 4 is 17.0 Å². The van der Waals surface area contributed by atoms with E-state index in [1.54, 1.807) is 10.6 Å². The molecule has 28 heavy (non-hydrogen) atoms. The lowest BCUT2D eigenvalue weighted by Crippen LogP contribution is -2.53. The van der Waals surface area contributed by atoms with E-state index < -0.39 is 5.41 Å². The zero-order chi connectivity index (χ0) is 19.7. The average molecular weight is 379 g/mol. The molecule has 146 valence electrons. The minimum Gasteiger partial charge on any atom is -0.408 e. The van der Waals surface area contributed by atoms with E-state index in [9.17, 15) is 9.59 Å². The lowest BCUT2D eigenvalue weighted by molar-refractivity contribution is -0.138. The summed E-state index contributed by atoms with van der Waals surface area (Å²) in [6, 6.07) is 17.4. The highest BCUT2D eigenvalue weighted by molar-refractivity contribution is 5.87. The maximum absolute atomic E-state index is 13.1. The Bertz CT molecular complexity index is 1030. The molecule has 6 heteroatoms. The number of nitrogens with zero attached hydrogens (tertiary/aromatic N) is 3. The second-order valence-corrected chi connectivity index (χ2v) is 7.81. The van der Waals surface area contributed by atoms with Crippen molar-refractivity contribution in [3.8, 4) is 0 Å². The number of para-hydroxylation sites is 2. The van der Waals surface area contributed by atoms with Crippen LogP contribution in [0.3, 0.4) is 0 Å². The molecule has 0 unspecified atom stereocenters. The number of oxazole rings is 1. The number of rotatable bonds is 4. The molecule has 0 saturated carbocycles. The molecule has 0 radical (unpaired) electrons. The summed E-state index contributed by atoms with van der Waals surface area (Å²) in [7, 11) is 0. The number of piperazine rings is 1. The van der Waals surface area contributed by atoms with Crippen LogP contribution in [0.25, 0.3) is 11.1 Å². The Kier molecular flexibility index (Phi) is 4.81. The van der Waals surface area contributed by atoms with Gasteiger partial charge in [0.05, 0.1) is 17.6 Å². The zero-order valence-electron chi connectivity index (χ0n) is 16.3. The van der Waals surface area contributed by atoms with Crippen LogP contribution in [0, 0.1) is 0 Å². The van der Waals surface area contributed by atoms with Crippen molar-refractivity contribution in [2.75, 3.05) is 26.2 Å². The van der Waals surface area contributed by atoms with Gasteiger partial charge in [-0.3, -0.25) is 14.3 Å². The smallest absolute Gasteiger partial charge is 0.408 e. The molecule has 2 heterocycles. The molecule has 1 aromatic heterocycles. The number of hydrogen-bond donors (Lipinski definition) is 0. The van der Waals surface area contributed by atoms with Crippen LogP contribution in [0.15, 0.2) is 63.8 Å². The molecule has 1 aliphatic heterocycles. The normalized spacial score (nSPS) is 15.9. The first-order chi connectivity index (χ1) is 13.5. The van der Waals surface area contributed by atoms with Gasteiger partial charge in [-0.2, -0.15) is 0 Å². The van der Waals surface area contributed by atoms with Gasteiger partial charge in [-0.25, -0.2) is 4.79 Å². The van der Waals surface area contributed by atoms with Crippen molar-refractivity contribution < 1.29 is 9.21 Å². The molecule has 0 aliphatic carbocycles. The summed E-state index contributed by atoms with van der Waals surface area (Å²) in [5.74, 6) is -0.200. The summed E-state index contributed by atoms with van der Waals surface area (Å²) in [6.07, 6.45) is 0. The third kappa shape index (κ3) is 3.36. The number of fused-ring (bicyclic) bond motifs is 1. The quantitative estimate of drug-likeness (QED) is 0.699. The van der Waals surface area contributed by atoms with E-state index in [0.717, 1.165) is 24.2 Å². The van der Waals surface area contributed by atoms with Gasteiger partial charge in [0.15, 0.2) is 5.58 Å². The van der Waals surface area contributed by atoms with E-state index in [4.69, 9.17) is 4.42 Å². The Morgan fingerprint density at radius 2 is 1.61 bits per heavy atom. The summed E-state index contributed by atoms with van der Waals surface area (Å²) in [5.41, 5.74) is 1.88. The van der Waals surface area contributed by atoms with Crippen molar-refractivity contribution in [1.29, 1.82) is 0 Å². The maximum Gasteiger partial charge on any atom is 0.421 e.